The summed E-state index contributed by atoms with van der Waals surface area (Å²) in [6.07, 6.45) is 0. The molecular weight excluding hydrogens is 428 g/mol. The van der Waals surface area contributed by atoms with Crippen molar-refractivity contribution >= 4 is 5.91 Å². The van der Waals surface area contributed by atoms with Gasteiger partial charge in [0.15, 0.2) is 0 Å². The van der Waals surface area contributed by atoms with E-state index in [2.05, 4.69) is 115 Å². The summed E-state index contributed by atoms with van der Waals surface area (Å²) in [6, 6.07) is 36.3. The van der Waals surface area contributed by atoms with Gasteiger partial charge >= 0.3 is 0 Å². The van der Waals surface area contributed by atoms with Crippen molar-refractivity contribution < 1.29 is 4.79 Å². The van der Waals surface area contributed by atoms with Crippen molar-refractivity contribution in [3.63, 3.8) is 0 Å². The number of hydrogen-bond donors (Lipinski definition) is 0. The van der Waals surface area contributed by atoms with Crippen LogP contribution in [0.4, 0.5) is 0 Å². The van der Waals surface area contributed by atoms with Gasteiger partial charge in [0.05, 0.1) is 6.04 Å². The van der Waals surface area contributed by atoms with Crippen molar-refractivity contribution in [1.29, 1.82) is 0 Å². The van der Waals surface area contributed by atoms with E-state index in [1.165, 1.54) is 16.7 Å². The van der Waals surface area contributed by atoms with Gasteiger partial charge in [-0.2, -0.15) is 0 Å². The Morgan fingerprint density at radius 3 is 1.77 bits per heavy atom. The summed E-state index contributed by atoms with van der Waals surface area (Å²) in [6.45, 7) is 7.26. The molecule has 0 radical (unpaired) electrons. The van der Waals surface area contributed by atoms with E-state index in [1.54, 1.807) is 0 Å². The fourth-order valence-corrected chi connectivity index (χ4v) is 5.02. The van der Waals surface area contributed by atoms with Gasteiger partial charge in [0, 0.05) is 31.7 Å². The molecule has 1 amide bonds. The third-order valence-electron chi connectivity index (χ3n) is 7.05. The van der Waals surface area contributed by atoms with Gasteiger partial charge in [-0.25, -0.2) is 0 Å². The molecule has 0 N–H and O–H groups in total. The summed E-state index contributed by atoms with van der Waals surface area (Å²) in [4.78, 5) is 18.1. The highest BCUT2D eigenvalue weighted by Crippen LogP contribution is 2.30. The topological polar surface area (TPSA) is 23.6 Å². The third kappa shape index (κ3) is 5.06. The van der Waals surface area contributed by atoms with Gasteiger partial charge in [-0.05, 0) is 47.7 Å². The molecule has 0 bridgehead atoms. The number of hydrogen-bond acceptors (Lipinski definition) is 2. The average molecular weight is 461 g/mol. The molecule has 1 saturated heterocycles. The number of carbonyl (C=O) groups is 1. The summed E-state index contributed by atoms with van der Waals surface area (Å²) in [5.41, 5.74) is 7.88. The Morgan fingerprint density at radius 1 is 0.657 bits per heavy atom. The SMILES string of the molecule is Cc1ccc(-c2ccc(C)c(C(=O)N3CCN(C(c4ccccc4)c4ccccc4)CC3)c2)cc1. The molecule has 1 heterocycles. The predicted molar refractivity (Wildman–Crippen MR) is 144 cm³/mol. The Morgan fingerprint density at radius 2 is 1.20 bits per heavy atom. The molecule has 4 aromatic carbocycles. The van der Waals surface area contributed by atoms with E-state index < -0.39 is 0 Å². The van der Waals surface area contributed by atoms with Crippen LogP contribution in [0.15, 0.2) is 103 Å². The molecule has 0 aromatic heterocycles. The Bertz CT molecular complexity index is 1230. The lowest BCUT2D eigenvalue weighted by molar-refractivity contribution is 0.0596. The van der Waals surface area contributed by atoms with Crippen molar-refractivity contribution in [1.82, 2.24) is 9.80 Å². The van der Waals surface area contributed by atoms with Crippen LogP contribution in [0.2, 0.25) is 0 Å². The fraction of sp³-hybridized carbons (Fsp3) is 0.219. The van der Waals surface area contributed by atoms with E-state index in [4.69, 9.17) is 0 Å². The van der Waals surface area contributed by atoms with Gasteiger partial charge in [-0.15, -0.1) is 0 Å². The molecule has 3 heteroatoms. The van der Waals surface area contributed by atoms with Crippen molar-refractivity contribution in [3.05, 3.63) is 131 Å². The molecule has 1 fully saturated rings. The Balaban J connectivity index is 1.34. The number of piperazine rings is 1. The van der Waals surface area contributed by atoms with Crippen molar-refractivity contribution in [2.75, 3.05) is 26.2 Å². The molecule has 35 heavy (non-hydrogen) atoms. The van der Waals surface area contributed by atoms with Gasteiger partial charge in [0.25, 0.3) is 5.91 Å². The fourth-order valence-electron chi connectivity index (χ4n) is 5.02. The first-order valence-corrected chi connectivity index (χ1v) is 12.4. The zero-order valence-corrected chi connectivity index (χ0v) is 20.5. The maximum Gasteiger partial charge on any atom is 0.254 e. The average Bonchev–Trinajstić information content (AvgIpc) is 2.91. The van der Waals surface area contributed by atoms with E-state index in [0.29, 0.717) is 0 Å². The molecule has 1 aliphatic rings. The van der Waals surface area contributed by atoms with Crippen LogP contribution >= 0.6 is 0 Å². The first kappa shape index (κ1) is 23.1. The monoisotopic (exact) mass is 460 g/mol. The van der Waals surface area contributed by atoms with Crippen molar-refractivity contribution in [3.8, 4) is 11.1 Å². The molecule has 0 spiro atoms. The zero-order chi connectivity index (χ0) is 24.2. The number of rotatable bonds is 5. The molecule has 0 unspecified atom stereocenters. The minimum atomic E-state index is 0.132. The van der Waals surface area contributed by atoms with Gasteiger partial charge in [-0.1, -0.05) is 103 Å². The second-order valence-corrected chi connectivity index (χ2v) is 9.45. The first-order chi connectivity index (χ1) is 17.1. The normalized spacial score (nSPS) is 14.3. The van der Waals surface area contributed by atoms with Crippen LogP contribution in [0.25, 0.3) is 11.1 Å². The number of carbonyl (C=O) groups excluding carboxylic acids is 1. The third-order valence-corrected chi connectivity index (χ3v) is 7.05. The van der Waals surface area contributed by atoms with Crippen LogP contribution < -0.4 is 0 Å². The molecule has 1 aliphatic heterocycles. The van der Waals surface area contributed by atoms with Crippen LogP contribution in [0, 0.1) is 13.8 Å². The Kier molecular flexibility index (Phi) is 6.78. The summed E-state index contributed by atoms with van der Waals surface area (Å²) >= 11 is 0. The highest BCUT2D eigenvalue weighted by molar-refractivity contribution is 5.97. The first-order valence-electron chi connectivity index (χ1n) is 12.4. The van der Waals surface area contributed by atoms with E-state index in [9.17, 15) is 4.79 Å². The van der Waals surface area contributed by atoms with E-state index in [1.807, 2.05) is 11.8 Å². The number of aryl methyl sites for hydroxylation is 2. The molecular formula is C32H32N2O. The van der Waals surface area contributed by atoms with E-state index in [-0.39, 0.29) is 11.9 Å². The quantitative estimate of drug-likeness (QED) is 0.339. The van der Waals surface area contributed by atoms with Crippen LogP contribution in [-0.4, -0.2) is 41.9 Å². The predicted octanol–water partition coefficient (Wildman–Crippen LogP) is 6.52. The van der Waals surface area contributed by atoms with E-state index in [0.717, 1.165) is 48.4 Å². The molecule has 4 aromatic rings. The summed E-state index contributed by atoms with van der Waals surface area (Å²) in [5.74, 6) is 0.132. The second kappa shape index (κ2) is 10.3. The molecule has 0 saturated carbocycles. The number of benzene rings is 4. The summed E-state index contributed by atoms with van der Waals surface area (Å²) in [7, 11) is 0. The largest absolute Gasteiger partial charge is 0.336 e. The van der Waals surface area contributed by atoms with Crippen LogP contribution in [0.1, 0.15) is 38.7 Å². The second-order valence-electron chi connectivity index (χ2n) is 9.45. The van der Waals surface area contributed by atoms with Crippen molar-refractivity contribution in [2.24, 2.45) is 0 Å². The maximum atomic E-state index is 13.6. The Labute approximate surface area is 208 Å². The standard InChI is InChI=1S/C32H32N2O/c1-24-13-16-26(17-14-24)29-18-15-25(2)30(23-29)32(35)34-21-19-33(20-22-34)31(27-9-5-3-6-10-27)28-11-7-4-8-12-28/h3-18,23,31H,19-22H2,1-2H3. The molecule has 3 nitrogen and oxygen atoms in total. The van der Waals surface area contributed by atoms with Crippen LogP contribution in [0.3, 0.4) is 0 Å². The minimum Gasteiger partial charge on any atom is -0.336 e. The maximum absolute atomic E-state index is 13.6. The molecule has 0 aliphatic carbocycles. The highest BCUT2D eigenvalue weighted by Gasteiger charge is 2.29. The van der Waals surface area contributed by atoms with Gasteiger partial charge < -0.3 is 4.90 Å². The highest BCUT2D eigenvalue weighted by atomic mass is 16.2. The lowest BCUT2D eigenvalue weighted by atomic mass is 9.96. The molecule has 176 valence electrons. The van der Waals surface area contributed by atoms with Crippen molar-refractivity contribution in [2.45, 2.75) is 19.9 Å². The van der Waals surface area contributed by atoms with Crippen LogP contribution in [-0.2, 0) is 0 Å². The van der Waals surface area contributed by atoms with Gasteiger partial charge in [0.1, 0.15) is 0 Å². The number of amides is 1. The van der Waals surface area contributed by atoms with Crippen LogP contribution in [0.5, 0.6) is 0 Å². The van der Waals surface area contributed by atoms with Gasteiger partial charge in [-0.3, -0.25) is 9.69 Å². The zero-order valence-electron chi connectivity index (χ0n) is 20.5. The molecule has 0 atom stereocenters. The Hall–Kier alpha value is -3.69. The smallest absolute Gasteiger partial charge is 0.254 e. The summed E-state index contributed by atoms with van der Waals surface area (Å²) in [5, 5.41) is 0. The lowest BCUT2D eigenvalue weighted by Crippen LogP contribution is -2.50. The van der Waals surface area contributed by atoms with E-state index >= 15 is 0 Å². The van der Waals surface area contributed by atoms with Gasteiger partial charge in [0.2, 0.25) is 0 Å². The minimum absolute atomic E-state index is 0.132. The number of nitrogens with zero attached hydrogens (tertiary/aromatic N) is 2. The lowest BCUT2D eigenvalue weighted by Gasteiger charge is -2.40. The molecule has 5 rings (SSSR count). The summed E-state index contributed by atoms with van der Waals surface area (Å²) < 4.78 is 0.